The van der Waals surface area contributed by atoms with Crippen LogP contribution in [0.15, 0.2) is 75.6 Å². The fourth-order valence-electron chi connectivity index (χ4n) is 1.99. The van der Waals surface area contributed by atoms with Crippen LogP contribution in [0.1, 0.15) is 0 Å². The molecule has 0 fully saturated rings. The van der Waals surface area contributed by atoms with Crippen LogP contribution >= 0.6 is 12.6 Å². The van der Waals surface area contributed by atoms with E-state index in [9.17, 15) is 8.42 Å². The van der Waals surface area contributed by atoms with Crippen molar-refractivity contribution < 1.29 is 8.42 Å². The van der Waals surface area contributed by atoms with Crippen molar-refractivity contribution in [1.29, 1.82) is 0 Å². The van der Waals surface area contributed by atoms with Gasteiger partial charge < -0.3 is 4.98 Å². The van der Waals surface area contributed by atoms with Crippen LogP contribution in [-0.2, 0) is 9.84 Å². The average molecular weight is 316 g/mol. The summed E-state index contributed by atoms with van der Waals surface area (Å²) in [7, 11) is -3.65. The van der Waals surface area contributed by atoms with Gasteiger partial charge in [0, 0.05) is 5.56 Å². The molecule has 0 atom stereocenters. The first-order valence-corrected chi connectivity index (χ1v) is 8.16. The summed E-state index contributed by atoms with van der Waals surface area (Å²) < 4.78 is 25.2. The van der Waals surface area contributed by atoms with Crippen LogP contribution in [-0.4, -0.2) is 18.4 Å². The molecule has 0 aliphatic rings. The van der Waals surface area contributed by atoms with E-state index in [-0.39, 0.29) is 14.9 Å². The second-order valence-corrected chi connectivity index (χ2v) is 6.73. The van der Waals surface area contributed by atoms with Gasteiger partial charge in [-0.2, -0.15) is 0 Å². The van der Waals surface area contributed by atoms with Crippen molar-refractivity contribution in [3.63, 3.8) is 0 Å². The second kappa shape index (κ2) is 5.38. The Kier molecular flexibility index (Phi) is 3.57. The van der Waals surface area contributed by atoms with Gasteiger partial charge in [0.25, 0.3) is 0 Å². The van der Waals surface area contributed by atoms with E-state index in [1.54, 1.807) is 30.3 Å². The smallest absolute Gasteiger partial charge is 0.224 e. The monoisotopic (exact) mass is 316 g/mol. The number of imidazole rings is 1. The topological polar surface area (TPSA) is 62.8 Å². The maximum Gasteiger partial charge on any atom is 0.224 e. The number of sulfone groups is 1. The third-order valence-corrected chi connectivity index (χ3v) is 5.22. The molecule has 0 amide bonds. The maximum absolute atomic E-state index is 12.6. The molecule has 3 rings (SSSR count). The molecule has 106 valence electrons. The summed E-state index contributed by atoms with van der Waals surface area (Å²) in [5.74, 6) is 0.482. The third kappa shape index (κ3) is 2.59. The Labute approximate surface area is 128 Å². The standard InChI is InChI=1S/C15H12N2O2S2/c18-21(19,12-9-5-2-6-10-12)15-14(20)16-13(17-15)11-7-3-1-4-8-11/h1-10,20H,(H,16,17). The summed E-state index contributed by atoms with van der Waals surface area (Å²) in [5.41, 5.74) is 0.808. The van der Waals surface area contributed by atoms with Crippen molar-refractivity contribution in [2.45, 2.75) is 14.9 Å². The van der Waals surface area contributed by atoms with Gasteiger partial charge in [0.2, 0.25) is 9.84 Å². The molecule has 0 radical (unpaired) electrons. The summed E-state index contributed by atoms with van der Waals surface area (Å²) in [5, 5.41) is 0.175. The van der Waals surface area contributed by atoms with Crippen molar-refractivity contribution >= 4 is 22.5 Å². The normalized spacial score (nSPS) is 11.5. The highest BCUT2D eigenvalue weighted by molar-refractivity contribution is 7.92. The minimum atomic E-state index is -3.65. The lowest BCUT2D eigenvalue weighted by atomic mass is 10.2. The zero-order valence-corrected chi connectivity index (χ0v) is 12.6. The SMILES string of the molecule is O=S(=O)(c1ccccc1)c1[nH]c(-c2ccccc2)nc1S. The predicted octanol–water partition coefficient (Wildman–Crippen LogP) is 3.20. The predicted molar refractivity (Wildman–Crippen MR) is 83.2 cm³/mol. The van der Waals surface area contributed by atoms with Crippen molar-refractivity contribution in [3.05, 3.63) is 60.7 Å². The molecule has 1 N–H and O–H groups in total. The largest absolute Gasteiger partial charge is 0.328 e. The molecule has 0 saturated heterocycles. The summed E-state index contributed by atoms with van der Waals surface area (Å²) in [6, 6.07) is 17.5. The summed E-state index contributed by atoms with van der Waals surface area (Å²) in [6.45, 7) is 0. The van der Waals surface area contributed by atoms with Gasteiger partial charge in [-0.3, -0.25) is 0 Å². The van der Waals surface area contributed by atoms with Crippen LogP contribution in [0.2, 0.25) is 0 Å². The lowest BCUT2D eigenvalue weighted by Crippen LogP contribution is -2.03. The Morgan fingerprint density at radius 1 is 0.905 bits per heavy atom. The summed E-state index contributed by atoms with van der Waals surface area (Å²) in [6.07, 6.45) is 0. The number of hydrogen-bond donors (Lipinski definition) is 2. The fraction of sp³-hybridized carbons (Fsp3) is 0. The molecule has 1 heterocycles. The molecule has 21 heavy (non-hydrogen) atoms. The molecule has 6 heteroatoms. The minimum Gasteiger partial charge on any atom is -0.328 e. The van der Waals surface area contributed by atoms with Crippen molar-refractivity contribution in [3.8, 4) is 11.4 Å². The Bertz CT molecular complexity index is 857. The fourth-order valence-corrected chi connectivity index (χ4v) is 3.77. The first-order chi connectivity index (χ1) is 10.1. The Balaban J connectivity index is 2.11. The zero-order chi connectivity index (χ0) is 14.9. The van der Waals surface area contributed by atoms with E-state index in [4.69, 9.17) is 0 Å². The van der Waals surface area contributed by atoms with E-state index >= 15 is 0 Å². The zero-order valence-electron chi connectivity index (χ0n) is 10.9. The van der Waals surface area contributed by atoms with Gasteiger partial charge in [0.15, 0.2) is 5.03 Å². The summed E-state index contributed by atoms with van der Waals surface area (Å²) >= 11 is 4.19. The van der Waals surface area contributed by atoms with Crippen LogP contribution in [0.25, 0.3) is 11.4 Å². The van der Waals surface area contributed by atoms with Gasteiger partial charge in [-0.1, -0.05) is 48.5 Å². The van der Waals surface area contributed by atoms with Crippen molar-refractivity contribution in [2.75, 3.05) is 0 Å². The number of aromatic amines is 1. The number of rotatable bonds is 3. The highest BCUT2D eigenvalue weighted by atomic mass is 32.2. The van der Waals surface area contributed by atoms with E-state index in [1.165, 1.54) is 0 Å². The van der Waals surface area contributed by atoms with Crippen LogP contribution in [0.4, 0.5) is 0 Å². The number of H-pyrrole nitrogens is 1. The second-order valence-electron chi connectivity index (χ2n) is 4.42. The number of nitrogens with one attached hydrogen (secondary N) is 1. The van der Waals surface area contributed by atoms with Crippen molar-refractivity contribution in [1.82, 2.24) is 9.97 Å². The van der Waals surface area contributed by atoms with E-state index in [1.807, 2.05) is 30.3 Å². The first-order valence-electron chi connectivity index (χ1n) is 6.23. The quantitative estimate of drug-likeness (QED) is 0.729. The van der Waals surface area contributed by atoms with E-state index in [0.29, 0.717) is 5.82 Å². The molecule has 0 saturated carbocycles. The molecule has 0 spiro atoms. The molecular formula is C15H12N2O2S2. The van der Waals surface area contributed by atoms with E-state index in [0.717, 1.165) is 5.56 Å². The first kappa shape index (κ1) is 13.9. The molecular weight excluding hydrogens is 304 g/mol. The molecule has 3 aromatic rings. The van der Waals surface area contributed by atoms with Gasteiger partial charge in [0.05, 0.1) is 4.90 Å². The number of hydrogen-bond acceptors (Lipinski definition) is 4. The number of thiol groups is 1. The van der Waals surface area contributed by atoms with Crippen LogP contribution in [0.5, 0.6) is 0 Å². The van der Waals surface area contributed by atoms with Crippen LogP contribution < -0.4 is 0 Å². The van der Waals surface area contributed by atoms with Crippen LogP contribution in [0, 0.1) is 0 Å². The van der Waals surface area contributed by atoms with Gasteiger partial charge in [-0.15, -0.1) is 12.6 Å². The molecule has 0 aliphatic heterocycles. The lowest BCUT2D eigenvalue weighted by molar-refractivity contribution is 0.590. The van der Waals surface area contributed by atoms with Gasteiger partial charge in [-0.05, 0) is 12.1 Å². The van der Waals surface area contributed by atoms with Gasteiger partial charge >= 0.3 is 0 Å². The number of nitrogens with zero attached hydrogens (tertiary/aromatic N) is 1. The highest BCUT2D eigenvalue weighted by Gasteiger charge is 2.24. The molecule has 1 aromatic heterocycles. The summed E-state index contributed by atoms with van der Waals surface area (Å²) in [4.78, 5) is 7.27. The molecule has 0 aliphatic carbocycles. The maximum atomic E-state index is 12.6. The molecule has 4 nitrogen and oxygen atoms in total. The highest BCUT2D eigenvalue weighted by Crippen LogP contribution is 2.27. The Hall–Kier alpha value is -2.05. The lowest BCUT2D eigenvalue weighted by Gasteiger charge is -2.02. The van der Waals surface area contributed by atoms with Crippen molar-refractivity contribution in [2.24, 2.45) is 0 Å². The molecule has 2 aromatic carbocycles. The average Bonchev–Trinajstić information content (AvgIpc) is 2.92. The molecule has 0 unspecified atom stereocenters. The number of aromatic nitrogens is 2. The number of benzene rings is 2. The molecule has 0 bridgehead atoms. The third-order valence-electron chi connectivity index (χ3n) is 3.02. The van der Waals surface area contributed by atoms with Crippen LogP contribution in [0.3, 0.4) is 0 Å². The van der Waals surface area contributed by atoms with Gasteiger partial charge in [0.1, 0.15) is 10.9 Å². The van der Waals surface area contributed by atoms with E-state index in [2.05, 4.69) is 22.6 Å². The van der Waals surface area contributed by atoms with Gasteiger partial charge in [-0.25, -0.2) is 13.4 Å². The Morgan fingerprint density at radius 2 is 1.48 bits per heavy atom. The minimum absolute atomic E-state index is 0.0101. The Morgan fingerprint density at radius 3 is 2.10 bits per heavy atom. The van der Waals surface area contributed by atoms with E-state index < -0.39 is 9.84 Å².